The van der Waals surface area contributed by atoms with Crippen LogP contribution in [0.4, 0.5) is 0 Å². The first-order valence-electron chi connectivity index (χ1n) is 8.35. The van der Waals surface area contributed by atoms with E-state index in [9.17, 15) is 9.90 Å². The first kappa shape index (κ1) is 15.8. The molecule has 0 aliphatic carbocycles. The minimum absolute atomic E-state index is 0.166. The number of nitrogens with one attached hydrogen (secondary N) is 1. The van der Waals surface area contributed by atoms with Crippen LogP contribution in [-0.2, 0) is 5.60 Å². The maximum atomic E-state index is 12.8. The number of nitrogens with zero attached hydrogens (tertiary/aromatic N) is 5. The number of β-amino-alcohol motifs (C(OH)–C–C–N with tert-alkyl or cyclic N) is 1. The Morgan fingerprint density at radius 2 is 2.16 bits per heavy atom. The van der Waals surface area contributed by atoms with Crippen LogP contribution in [0.5, 0.6) is 0 Å². The molecule has 0 saturated carbocycles. The van der Waals surface area contributed by atoms with Gasteiger partial charge in [0.2, 0.25) is 0 Å². The van der Waals surface area contributed by atoms with Gasteiger partial charge in [-0.25, -0.2) is 4.68 Å². The zero-order valence-corrected chi connectivity index (χ0v) is 14.2. The monoisotopic (exact) mass is 340 g/mol. The summed E-state index contributed by atoms with van der Waals surface area (Å²) >= 11 is 0. The predicted octanol–water partition coefficient (Wildman–Crippen LogP) is 1.47. The van der Waals surface area contributed by atoms with Gasteiger partial charge in [-0.15, -0.1) is 5.10 Å². The van der Waals surface area contributed by atoms with Gasteiger partial charge in [-0.1, -0.05) is 23.4 Å². The molecule has 1 unspecified atom stereocenters. The average Bonchev–Trinajstić information content (AvgIpc) is 3.32. The minimum Gasteiger partial charge on any atom is -0.381 e. The van der Waals surface area contributed by atoms with Crippen LogP contribution in [0.2, 0.25) is 0 Å². The number of para-hydroxylation sites is 1. The summed E-state index contributed by atoms with van der Waals surface area (Å²) in [5, 5.41) is 26.9. The SMILES string of the molecule is CC(C)n1cc(C2(O)CCN(C(=O)c3n[nH]c4ccccc34)C2)nn1. The molecule has 0 radical (unpaired) electrons. The molecule has 1 saturated heterocycles. The van der Waals surface area contributed by atoms with Gasteiger partial charge in [0.25, 0.3) is 5.91 Å². The van der Waals surface area contributed by atoms with Crippen molar-refractivity contribution in [3.05, 3.63) is 41.9 Å². The van der Waals surface area contributed by atoms with E-state index < -0.39 is 5.60 Å². The number of carbonyl (C=O) groups excluding carboxylic acids is 1. The van der Waals surface area contributed by atoms with Crippen LogP contribution >= 0.6 is 0 Å². The molecule has 3 aromatic rings. The Labute approximate surface area is 144 Å². The van der Waals surface area contributed by atoms with Gasteiger partial charge in [0.05, 0.1) is 18.3 Å². The Kier molecular flexibility index (Phi) is 3.57. The molecule has 1 fully saturated rings. The van der Waals surface area contributed by atoms with Crippen molar-refractivity contribution >= 4 is 16.8 Å². The van der Waals surface area contributed by atoms with E-state index in [4.69, 9.17) is 0 Å². The first-order chi connectivity index (χ1) is 12.0. The number of H-pyrrole nitrogens is 1. The molecule has 25 heavy (non-hydrogen) atoms. The van der Waals surface area contributed by atoms with Crippen molar-refractivity contribution in [1.29, 1.82) is 0 Å². The van der Waals surface area contributed by atoms with E-state index in [1.54, 1.807) is 15.8 Å². The molecule has 0 spiro atoms. The van der Waals surface area contributed by atoms with E-state index in [-0.39, 0.29) is 18.5 Å². The Morgan fingerprint density at radius 1 is 1.36 bits per heavy atom. The number of aromatic nitrogens is 5. The van der Waals surface area contributed by atoms with Gasteiger partial charge >= 0.3 is 0 Å². The Morgan fingerprint density at radius 3 is 2.92 bits per heavy atom. The third-order valence-electron chi connectivity index (χ3n) is 4.72. The topological polar surface area (TPSA) is 99.9 Å². The summed E-state index contributed by atoms with van der Waals surface area (Å²) in [7, 11) is 0. The van der Waals surface area contributed by atoms with Gasteiger partial charge in [-0.3, -0.25) is 9.89 Å². The number of amides is 1. The second-order valence-electron chi connectivity index (χ2n) is 6.80. The number of fused-ring (bicyclic) bond motifs is 1. The van der Waals surface area contributed by atoms with Gasteiger partial charge < -0.3 is 10.0 Å². The zero-order chi connectivity index (χ0) is 17.6. The van der Waals surface area contributed by atoms with Gasteiger partial charge in [-0.2, -0.15) is 5.10 Å². The molecule has 3 heterocycles. The van der Waals surface area contributed by atoms with Crippen LogP contribution in [0.3, 0.4) is 0 Å². The first-order valence-corrected chi connectivity index (χ1v) is 8.35. The van der Waals surface area contributed by atoms with E-state index >= 15 is 0 Å². The van der Waals surface area contributed by atoms with Crippen molar-refractivity contribution in [2.45, 2.75) is 31.9 Å². The summed E-state index contributed by atoms with van der Waals surface area (Å²) in [6.07, 6.45) is 2.18. The Balaban J connectivity index is 1.58. The van der Waals surface area contributed by atoms with E-state index in [0.29, 0.717) is 24.4 Å². The van der Waals surface area contributed by atoms with Crippen molar-refractivity contribution in [3.8, 4) is 0 Å². The molecule has 1 aliphatic rings. The second-order valence-corrected chi connectivity index (χ2v) is 6.80. The molecule has 1 amide bonds. The lowest BCUT2D eigenvalue weighted by molar-refractivity contribution is 0.0380. The van der Waals surface area contributed by atoms with Gasteiger partial charge in [0.1, 0.15) is 11.3 Å². The summed E-state index contributed by atoms with van der Waals surface area (Å²) in [5.74, 6) is -0.190. The van der Waals surface area contributed by atoms with E-state index in [2.05, 4.69) is 20.5 Å². The van der Waals surface area contributed by atoms with Crippen LogP contribution in [-0.4, -0.2) is 54.2 Å². The Hall–Kier alpha value is -2.74. The van der Waals surface area contributed by atoms with Crippen LogP contribution in [0.25, 0.3) is 10.9 Å². The van der Waals surface area contributed by atoms with E-state index in [1.165, 1.54) is 0 Å². The number of hydrogen-bond acceptors (Lipinski definition) is 5. The van der Waals surface area contributed by atoms with Crippen LogP contribution < -0.4 is 0 Å². The quantitative estimate of drug-likeness (QED) is 0.752. The number of rotatable bonds is 3. The molecule has 8 heteroatoms. The molecule has 4 rings (SSSR count). The number of carbonyl (C=O) groups is 1. The fraction of sp³-hybridized carbons (Fsp3) is 0.412. The predicted molar refractivity (Wildman–Crippen MR) is 90.9 cm³/mol. The number of aliphatic hydroxyl groups is 1. The highest BCUT2D eigenvalue weighted by Gasteiger charge is 2.42. The highest BCUT2D eigenvalue weighted by atomic mass is 16.3. The van der Waals surface area contributed by atoms with Gasteiger partial charge in [0.15, 0.2) is 5.69 Å². The third kappa shape index (κ3) is 2.58. The number of hydrogen-bond donors (Lipinski definition) is 2. The lowest BCUT2D eigenvalue weighted by atomic mass is 10.00. The highest BCUT2D eigenvalue weighted by Crippen LogP contribution is 2.32. The van der Waals surface area contributed by atoms with Crippen molar-refractivity contribution in [2.75, 3.05) is 13.1 Å². The molecule has 1 aromatic carbocycles. The summed E-state index contributed by atoms with van der Waals surface area (Å²) < 4.78 is 1.71. The zero-order valence-electron chi connectivity index (χ0n) is 14.2. The molecule has 8 nitrogen and oxygen atoms in total. The lowest BCUT2D eigenvalue weighted by Crippen LogP contribution is -2.35. The molecular formula is C17H20N6O2. The van der Waals surface area contributed by atoms with E-state index in [0.717, 1.165) is 10.9 Å². The van der Waals surface area contributed by atoms with Crippen LogP contribution in [0.1, 0.15) is 42.5 Å². The maximum Gasteiger partial charge on any atom is 0.275 e. The molecular weight excluding hydrogens is 320 g/mol. The van der Waals surface area contributed by atoms with Crippen molar-refractivity contribution in [2.24, 2.45) is 0 Å². The van der Waals surface area contributed by atoms with Crippen LogP contribution in [0.15, 0.2) is 30.5 Å². The standard InChI is InChI=1S/C17H20N6O2/c1-11(2)23-9-14(19-21-23)17(25)7-8-22(10-17)16(24)15-12-5-3-4-6-13(12)18-20-15/h3-6,9,11,25H,7-8,10H2,1-2H3,(H,18,20). The second kappa shape index (κ2) is 5.66. The van der Waals surface area contributed by atoms with Crippen molar-refractivity contribution < 1.29 is 9.90 Å². The fourth-order valence-corrected chi connectivity index (χ4v) is 3.19. The molecule has 130 valence electrons. The van der Waals surface area contributed by atoms with E-state index in [1.807, 2.05) is 38.1 Å². The number of benzene rings is 1. The number of likely N-dealkylation sites (tertiary alicyclic amines) is 1. The maximum absolute atomic E-state index is 12.8. The summed E-state index contributed by atoms with van der Waals surface area (Å²) in [6.45, 7) is 4.63. The molecule has 0 bridgehead atoms. The molecule has 2 aromatic heterocycles. The summed E-state index contributed by atoms with van der Waals surface area (Å²) in [4.78, 5) is 14.5. The number of aromatic amines is 1. The van der Waals surface area contributed by atoms with Crippen molar-refractivity contribution in [3.63, 3.8) is 0 Å². The van der Waals surface area contributed by atoms with Gasteiger partial charge in [-0.05, 0) is 19.9 Å². The normalized spacial score (nSPS) is 20.7. The molecule has 1 aliphatic heterocycles. The minimum atomic E-state index is -1.17. The summed E-state index contributed by atoms with van der Waals surface area (Å²) in [6, 6.07) is 7.67. The van der Waals surface area contributed by atoms with Gasteiger partial charge in [0, 0.05) is 24.4 Å². The highest BCUT2D eigenvalue weighted by molar-refractivity contribution is 6.04. The molecule has 2 N–H and O–H groups in total. The smallest absolute Gasteiger partial charge is 0.275 e. The van der Waals surface area contributed by atoms with Crippen LogP contribution in [0, 0.1) is 0 Å². The third-order valence-corrected chi connectivity index (χ3v) is 4.72. The Bertz CT molecular complexity index is 930. The average molecular weight is 340 g/mol. The summed E-state index contributed by atoms with van der Waals surface area (Å²) in [5.41, 5.74) is 0.531. The fourth-order valence-electron chi connectivity index (χ4n) is 3.19. The molecule has 1 atom stereocenters. The van der Waals surface area contributed by atoms with Crippen molar-refractivity contribution in [1.82, 2.24) is 30.1 Å². The lowest BCUT2D eigenvalue weighted by Gasteiger charge is -2.20. The largest absolute Gasteiger partial charge is 0.381 e.